The lowest BCUT2D eigenvalue weighted by atomic mass is 9.98. The molecule has 2 N–H and O–H groups in total. The number of hydrogen-bond acceptors (Lipinski definition) is 3. The molecule has 0 radical (unpaired) electrons. The van der Waals surface area contributed by atoms with Crippen LogP contribution < -0.4 is 10.5 Å². The number of halogens is 1. The predicted octanol–water partition coefficient (Wildman–Crippen LogP) is 3.14. The molecule has 0 spiro atoms. The van der Waals surface area contributed by atoms with E-state index >= 15 is 0 Å². The third kappa shape index (κ3) is 2.62. The van der Waals surface area contributed by atoms with Crippen LogP contribution in [0.1, 0.15) is 32.1 Å². The lowest BCUT2D eigenvalue weighted by molar-refractivity contribution is 0.155. The van der Waals surface area contributed by atoms with Crippen molar-refractivity contribution in [2.75, 3.05) is 5.73 Å². The molecule has 0 aliphatic heterocycles. The van der Waals surface area contributed by atoms with E-state index < -0.39 is 0 Å². The zero-order valence-corrected chi connectivity index (χ0v) is 10.2. The molecule has 1 aliphatic rings. The summed E-state index contributed by atoms with van der Waals surface area (Å²) in [5.74, 6) is 0.747. The Kier molecular flexibility index (Phi) is 3.46. The Balaban J connectivity index is 2.09. The van der Waals surface area contributed by atoms with Crippen molar-refractivity contribution < 1.29 is 4.74 Å². The average molecular weight is 271 g/mol. The Labute approximate surface area is 98.2 Å². The first kappa shape index (κ1) is 10.7. The summed E-state index contributed by atoms with van der Waals surface area (Å²) in [5.41, 5.74) is 6.43. The molecule has 0 saturated heterocycles. The van der Waals surface area contributed by atoms with Gasteiger partial charge in [0.25, 0.3) is 0 Å². The van der Waals surface area contributed by atoms with Crippen molar-refractivity contribution in [1.82, 2.24) is 4.98 Å². The molecule has 4 heteroatoms. The number of aromatic nitrogens is 1. The fraction of sp³-hybridized carbons (Fsp3) is 0.545. The molecule has 3 nitrogen and oxygen atoms in total. The molecule has 82 valence electrons. The van der Waals surface area contributed by atoms with Crippen LogP contribution in [-0.4, -0.2) is 11.1 Å². The molecule has 0 atom stereocenters. The van der Waals surface area contributed by atoms with E-state index in [1.54, 1.807) is 12.4 Å². The van der Waals surface area contributed by atoms with E-state index in [9.17, 15) is 0 Å². The summed E-state index contributed by atoms with van der Waals surface area (Å²) < 4.78 is 6.75. The van der Waals surface area contributed by atoms with Crippen LogP contribution in [0.25, 0.3) is 0 Å². The lowest BCUT2D eigenvalue weighted by Crippen LogP contribution is -2.20. The molecule has 0 aromatic carbocycles. The fourth-order valence-corrected chi connectivity index (χ4v) is 2.35. The quantitative estimate of drug-likeness (QED) is 0.898. The summed E-state index contributed by atoms with van der Waals surface area (Å²) in [4.78, 5) is 3.99. The van der Waals surface area contributed by atoms with Crippen LogP contribution in [0.4, 0.5) is 5.69 Å². The topological polar surface area (TPSA) is 48.1 Å². The van der Waals surface area contributed by atoms with E-state index in [0.29, 0.717) is 11.8 Å². The first-order valence-electron chi connectivity index (χ1n) is 5.33. The highest BCUT2D eigenvalue weighted by molar-refractivity contribution is 9.10. The highest BCUT2D eigenvalue weighted by atomic mass is 79.9. The number of rotatable bonds is 2. The molecule has 1 aromatic heterocycles. The Morgan fingerprint density at radius 2 is 2.00 bits per heavy atom. The highest BCUT2D eigenvalue weighted by Crippen LogP contribution is 2.33. The molecular weight excluding hydrogens is 256 g/mol. The van der Waals surface area contributed by atoms with Gasteiger partial charge in [-0.05, 0) is 41.6 Å². The van der Waals surface area contributed by atoms with Gasteiger partial charge in [-0.15, -0.1) is 0 Å². The standard InChI is InChI=1S/C11H15BrN2O/c12-9-6-14-7-10(13)11(9)15-8-4-2-1-3-5-8/h6-8H,1-5,13H2. The van der Waals surface area contributed by atoms with Gasteiger partial charge in [-0.2, -0.15) is 0 Å². The number of hydrogen-bond donors (Lipinski definition) is 1. The lowest BCUT2D eigenvalue weighted by Gasteiger charge is -2.24. The number of nitrogens with zero attached hydrogens (tertiary/aromatic N) is 1. The minimum absolute atomic E-state index is 0.319. The Morgan fingerprint density at radius 1 is 1.27 bits per heavy atom. The van der Waals surface area contributed by atoms with Gasteiger partial charge in [-0.1, -0.05) is 6.42 Å². The summed E-state index contributed by atoms with van der Waals surface area (Å²) in [6, 6.07) is 0. The third-order valence-corrected chi connectivity index (χ3v) is 3.28. The van der Waals surface area contributed by atoms with Crippen molar-refractivity contribution in [3.63, 3.8) is 0 Å². The molecule has 1 aliphatic carbocycles. The van der Waals surface area contributed by atoms with Crippen molar-refractivity contribution in [1.29, 1.82) is 0 Å². The fourth-order valence-electron chi connectivity index (χ4n) is 1.91. The maximum Gasteiger partial charge on any atom is 0.159 e. The Morgan fingerprint density at radius 3 is 2.67 bits per heavy atom. The third-order valence-electron chi connectivity index (χ3n) is 2.72. The van der Waals surface area contributed by atoms with E-state index in [1.165, 1.54) is 19.3 Å². The summed E-state index contributed by atoms with van der Waals surface area (Å²) >= 11 is 3.41. The van der Waals surface area contributed by atoms with Crippen LogP contribution in [0.2, 0.25) is 0 Å². The van der Waals surface area contributed by atoms with Gasteiger partial charge in [0.2, 0.25) is 0 Å². The van der Waals surface area contributed by atoms with Crippen molar-refractivity contribution in [3.05, 3.63) is 16.9 Å². The second-order valence-electron chi connectivity index (χ2n) is 3.92. The number of nitrogen functional groups attached to an aromatic ring is 1. The van der Waals surface area contributed by atoms with Gasteiger partial charge in [0, 0.05) is 6.20 Å². The summed E-state index contributed by atoms with van der Waals surface area (Å²) in [5, 5.41) is 0. The molecule has 1 saturated carbocycles. The molecule has 1 aromatic rings. The van der Waals surface area contributed by atoms with E-state index in [0.717, 1.165) is 23.1 Å². The predicted molar refractivity (Wildman–Crippen MR) is 63.9 cm³/mol. The maximum absolute atomic E-state index is 5.90. The zero-order chi connectivity index (χ0) is 10.7. The molecule has 1 fully saturated rings. The average Bonchev–Trinajstić information content (AvgIpc) is 2.25. The van der Waals surface area contributed by atoms with Crippen LogP contribution in [0.5, 0.6) is 5.75 Å². The summed E-state index contributed by atoms with van der Waals surface area (Å²) in [6.45, 7) is 0. The minimum atomic E-state index is 0.319. The minimum Gasteiger partial charge on any atom is -0.487 e. The molecular formula is C11H15BrN2O. The first-order chi connectivity index (χ1) is 7.27. The van der Waals surface area contributed by atoms with Gasteiger partial charge >= 0.3 is 0 Å². The maximum atomic E-state index is 5.90. The van der Waals surface area contributed by atoms with E-state index in [1.807, 2.05) is 0 Å². The van der Waals surface area contributed by atoms with Crippen LogP contribution in [0, 0.1) is 0 Å². The van der Waals surface area contributed by atoms with Gasteiger partial charge in [0.15, 0.2) is 5.75 Å². The zero-order valence-electron chi connectivity index (χ0n) is 8.58. The van der Waals surface area contributed by atoms with Crippen molar-refractivity contribution in [2.24, 2.45) is 0 Å². The monoisotopic (exact) mass is 270 g/mol. The van der Waals surface area contributed by atoms with Crippen molar-refractivity contribution in [2.45, 2.75) is 38.2 Å². The van der Waals surface area contributed by atoms with Crippen molar-refractivity contribution in [3.8, 4) is 5.75 Å². The molecule has 0 amide bonds. The normalized spacial score (nSPS) is 17.7. The van der Waals surface area contributed by atoms with Gasteiger partial charge in [-0.3, -0.25) is 4.98 Å². The van der Waals surface area contributed by atoms with Gasteiger partial charge in [0.1, 0.15) is 0 Å². The summed E-state index contributed by atoms with van der Waals surface area (Å²) in [7, 11) is 0. The highest BCUT2D eigenvalue weighted by Gasteiger charge is 2.17. The summed E-state index contributed by atoms with van der Waals surface area (Å²) in [6.07, 6.45) is 9.77. The first-order valence-corrected chi connectivity index (χ1v) is 6.12. The van der Waals surface area contributed by atoms with E-state index in [2.05, 4.69) is 20.9 Å². The Hall–Kier alpha value is -0.770. The van der Waals surface area contributed by atoms with Crippen molar-refractivity contribution >= 4 is 21.6 Å². The largest absolute Gasteiger partial charge is 0.487 e. The second kappa shape index (κ2) is 4.84. The van der Waals surface area contributed by atoms with E-state index in [4.69, 9.17) is 10.5 Å². The Bertz CT molecular complexity index is 317. The number of ether oxygens (including phenoxy) is 1. The van der Waals surface area contributed by atoms with Crippen LogP contribution >= 0.6 is 15.9 Å². The van der Waals surface area contributed by atoms with Gasteiger partial charge in [-0.25, -0.2) is 0 Å². The van der Waals surface area contributed by atoms with Crippen LogP contribution in [0.15, 0.2) is 16.9 Å². The van der Waals surface area contributed by atoms with Crippen LogP contribution in [0.3, 0.4) is 0 Å². The molecule has 0 bridgehead atoms. The molecule has 1 heterocycles. The second-order valence-corrected chi connectivity index (χ2v) is 4.77. The van der Waals surface area contributed by atoms with E-state index in [-0.39, 0.29) is 0 Å². The molecule has 15 heavy (non-hydrogen) atoms. The number of anilines is 1. The van der Waals surface area contributed by atoms with Crippen LogP contribution in [-0.2, 0) is 0 Å². The molecule has 0 unspecified atom stereocenters. The number of nitrogens with two attached hydrogens (primary N) is 1. The number of pyridine rings is 1. The smallest absolute Gasteiger partial charge is 0.159 e. The van der Waals surface area contributed by atoms with Gasteiger partial charge in [0.05, 0.1) is 22.5 Å². The van der Waals surface area contributed by atoms with Gasteiger partial charge < -0.3 is 10.5 Å². The SMILES string of the molecule is Nc1cncc(Br)c1OC1CCCCC1. The molecule has 2 rings (SSSR count).